The summed E-state index contributed by atoms with van der Waals surface area (Å²) in [5, 5.41) is 11.8. The zero-order valence-corrected chi connectivity index (χ0v) is 13.8. The van der Waals surface area contributed by atoms with Crippen molar-refractivity contribution in [3.8, 4) is 5.75 Å². The summed E-state index contributed by atoms with van der Waals surface area (Å²) in [6.07, 6.45) is 1.62. The first kappa shape index (κ1) is 17.0. The quantitative estimate of drug-likeness (QED) is 0.800. The van der Waals surface area contributed by atoms with Crippen LogP contribution < -0.4 is 10.1 Å². The monoisotopic (exact) mass is 343 g/mol. The smallest absolute Gasteiger partial charge is 0.251 e. The Bertz CT molecular complexity index is 460. The average Bonchev–Trinajstić information content (AvgIpc) is 2.42. The van der Waals surface area contributed by atoms with Gasteiger partial charge in [-0.1, -0.05) is 13.8 Å². The van der Waals surface area contributed by atoms with Gasteiger partial charge in [0.15, 0.2) is 0 Å². The first-order valence-corrected chi connectivity index (χ1v) is 7.41. The zero-order chi connectivity index (χ0) is 15.2. The van der Waals surface area contributed by atoms with Crippen LogP contribution in [0.5, 0.6) is 5.75 Å². The molecule has 0 unspecified atom stereocenters. The Morgan fingerprint density at radius 1 is 1.45 bits per heavy atom. The number of nitrogens with one attached hydrogen (secondary N) is 1. The third-order valence-electron chi connectivity index (χ3n) is 3.15. The predicted molar refractivity (Wildman–Crippen MR) is 83.1 cm³/mol. The lowest BCUT2D eigenvalue weighted by atomic mass is 9.88. The molecule has 0 bridgehead atoms. The normalized spacial score (nSPS) is 11.2. The van der Waals surface area contributed by atoms with Crippen molar-refractivity contribution in [2.24, 2.45) is 5.41 Å². The van der Waals surface area contributed by atoms with Gasteiger partial charge in [-0.05, 0) is 52.4 Å². The number of halogens is 1. The summed E-state index contributed by atoms with van der Waals surface area (Å²) in [5.74, 6) is 0.593. The molecule has 0 saturated heterocycles. The van der Waals surface area contributed by atoms with Crippen LogP contribution in [0, 0.1) is 5.41 Å². The van der Waals surface area contributed by atoms with Crippen LogP contribution in [-0.4, -0.2) is 31.3 Å². The molecule has 1 rings (SSSR count). The molecule has 1 aromatic rings. The molecule has 1 aromatic carbocycles. The summed E-state index contributed by atoms with van der Waals surface area (Å²) in [7, 11) is 1.59. The Morgan fingerprint density at radius 3 is 2.70 bits per heavy atom. The second-order valence-corrected chi connectivity index (χ2v) is 6.38. The van der Waals surface area contributed by atoms with Crippen LogP contribution in [0.1, 0.15) is 37.0 Å². The average molecular weight is 344 g/mol. The minimum Gasteiger partial charge on any atom is -0.496 e. The molecule has 0 aliphatic heterocycles. The van der Waals surface area contributed by atoms with E-state index in [1.54, 1.807) is 25.3 Å². The topological polar surface area (TPSA) is 58.6 Å². The Labute approximate surface area is 128 Å². The Balaban J connectivity index is 2.61. The van der Waals surface area contributed by atoms with Gasteiger partial charge in [-0.2, -0.15) is 0 Å². The lowest BCUT2D eigenvalue weighted by molar-refractivity contribution is 0.0933. The fourth-order valence-corrected chi connectivity index (χ4v) is 2.42. The molecule has 0 radical (unpaired) electrons. The van der Waals surface area contributed by atoms with Crippen molar-refractivity contribution >= 4 is 21.8 Å². The number of ether oxygens (including phenoxy) is 1. The molecule has 1 amide bonds. The van der Waals surface area contributed by atoms with E-state index in [4.69, 9.17) is 9.84 Å². The third-order valence-corrected chi connectivity index (χ3v) is 3.77. The van der Waals surface area contributed by atoms with Gasteiger partial charge in [0, 0.05) is 18.7 Å². The second-order valence-electron chi connectivity index (χ2n) is 5.52. The van der Waals surface area contributed by atoms with Gasteiger partial charge in [-0.15, -0.1) is 0 Å². The fourth-order valence-electron chi connectivity index (χ4n) is 1.88. The van der Waals surface area contributed by atoms with Crippen LogP contribution in [0.4, 0.5) is 0 Å². The number of carbonyl (C=O) groups excluding carboxylic acids is 1. The minimum atomic E-state index is -0.106. The number of aliphatic hydroxyl groups is 1. The molecule has 2 N–H and O–H groups in total. The first-order chi connectivity index (χ1) is 9.39. The van der Waals surface area contributed by atoms with Gasteiger partial charge in [0.25, 0.3) is 5.91 Å². The summed E-state index contributed by atoms with van der Waals surface area (Å²) in [5.41, 5.74) is 0.567. The van der Waals surface area contributed by atoms with E-state index < -0.39 is 0 Å². The van der Waals surface area contributed by atoms with Crippen LogP contribution in [0.25, 0.3) is 0 Å². The number of carbonyl (C=O) groups is 1. The number of amides is 1. The van der Waals surface area contributed by atoms with E-state index in [2.05, 4.69) is 35.1 Å². The van der Waals surface area contributed by atoms with Crippen molar-refractivity contribution in [3.05, 3.63) is 28.2 Å². The standard InChI is InChI=1S/C15H22BrNO3/c1-15(2,7-4-8-18)10-17-14(19)11-5-6-13(20-3)12(16)9-11/h5-6,9,18H,4,7-8,10H2,1-3H3,(H,17,19). The molecular formula is C15H22BrNO3. The van der Waals surface area contributed by atoms with Gasteiger partial charge in [0.1, 0.15) is 5.75 Å². The van der Waals surface area contributed by atoms with Gasteiger partial charge in [-0.25, -0.2) is 0 Å². The number of hydrogen-bond acceptors (Lipinski definition) is 3. The number of rotatable bonds is 7. The van der Waals surface area contributed by atoms with Crippen molar-refractivity contribution in [1.29, 1.82) is 0 Å². The highest BCUT2D eigenvalue weighted by Gasteiger charge is 2.19. The summed E-state index contributed by atoms with van der Waals surface area (Å²) >= 11 is 3.37. The molecule has 0 aromatic heterocycles. The van der Waals surface area contributed by atoms with Crippen molar-refractivity contribution in [2.45, 2.75) is 26.7 Å². The molecule has 0 saturated carbocycles. The van der Waals surface area contributed by atoms with E-state index in [1.165, 1.54) is 0 Å². The lowest BCUT2D eigenvalue weighted by Crippen LogP contribution is -2.34. The SMILES string of the molecule is COc1ccc(C(=O)NCC(C)(C)CCCO)cc1Br. The molecule has 5 heteroatoms. The second kappa shape index (κ2) is 7.64. The first-order valence-electron chi connectivity index (χ1n) is 6.62. The molecule has 0 aliphatic rings. The summed E-state index contributed by atoms with van der Waals surface area (Å²) in [4.78, 5) is 12.1. The van der Waals surface area contributed by atoms with Crippen LogP contribution in [0.3, 0.4) is 0 Å². The van der Waals surface area contributed by atoms with E-state index in [0.717, 1.165) is 17.3 Å². The summed E-state index contributed by atoms with van der Waals surface area (Å²) < 4.78 is 5.89. The van der Waals surface area contributed by atoms with Gasteiger partial charge < -0.3 is 15.2 Å². The van der Waals surface area contributed by atoms with Crippen LogP contribution in [0.2, 0.25) is 0 Å². The molecule has 0 fully saturated rings. The number of methoxy groups -OCH3 is 1. The maximum absolute atomic E-state index is 12.1. The van der Waals surface area contributed by atoms with Crippen molar-refractivity contribution in [3.63, 3.8) is 0 Å². The van der Waals surface area contributed by atoms with Crippen molar-refractivity contribution in [1.82, 2.24) is 5.32 Å². The van der Waals surface area contributed by atoms with Crippen LogP contribution in [0.15, 0.2) is 22.7 Å². The van der Waals surface area contributed by atoms with Crippen LogP contribution in [-0.2, 0) is 0 Å². The van der Waals surface area contributed by atoms with E-state index >= 15 is 0 Å². The third kappa shape index (κ3) is 5.13. The number of hydrogen-bond donors (Lipinski definition) is 2. The van der Waals surface area contributed by atoms with Gasteiger partial charge in [0.2, 0.25) is 0 Å². The number of aliphatic hydroxyl groups excluding tert-OH is 1. The van der Waals surface area contributed by atoms with E-state index in [1.807, 2.05) is 0 Å². The molecule has 0 heterocycles. The molecule has 0 atom stereocenters. The predicted octanol–water partition coefficient (Wildman–Crippen LogP) is 2.99. The molecule has 0 aliphatic carbocycles. The highest BCUT2D eigenvalue weighted by atomic mass is 79.9. The zero-order valence-electron chi connectivity index (χ0n) is 12.2. The fraction of sp³-hybridized carbons (Fsp3) is 0.533. The largest absolute Gasteiger partial charge is 0.496 e. The van der Waals surface area contributed by atoms with Gasteiger partial charge in [-0.3, -0.25) is 4.79 Å². The van der Waals surface area contributed by atoms with Gasteiger partial charge in [0.05, 0.1) is 11.6 Å². The maximum atomic E-state index is 12.1. The molecule has 112 valence electrons. The molecule has 0 spiro atoms. The van der Waals surface area contributed by atoms with Crippen molar-refractivity contribution in [2.75, 3.05) is 20.3 Å². The number of benzene rings is 1. The highest BCUT2D eigenvalue weighted by Crippen LogP contribution is 2.26. The Morgan fingerprint density at radius 2 is 2.15 bits per heavy atom. The summed E-state index contributed by atoms with van der Waals surface area (Å²) in [6, 6.07) is 5.24. The van der Waals surface area contributed by atoms with Gasteiger partial charge >= 0.3 is 0 Å². The summed E-state index contributed by atoms with van der Waals surface area (Å²) in [6.45, 7) is 4.91. The Hall–Kier alpha value is -1.07. The maximum Gasteiger partial charge on any atom is 0.251 e. The lowest BCUT2D eigenvalue weighted by Gasteiger charge is -2.24. The van der Waals surface area contributed by atoms with E-state index in [0.29, 0.717) is 17.9 Å². The van der Waals surface area contributed by atoms with E-state index in [-0.39, 0.29) is 17.9 Å². The van der Waals surface area contributed by atoms with E-state index in [9.17, 15) is 4.79 Å². The van der Waals surface area contributed by atoms with Crippen LogP contribution >= 0.6 is 15.9 Å². The highest BCUT2D eigenvalue weighted by molar-refractivity contribution is 9.10. The molecular weight excluding hydrogens is 322 g/mol. The molecule has 20 heavy (non-hydrogen) atoms. The molecule has 4 nitrogen and oxygen atoms in total. The minimum absolute atomic E-state index is 0.0257. The Kier molecular flexibility index (Phi) is 6.49. The van der Waals surface area contributed by atoms with Crippen molar-refractivity contribution < 1.29 is 14.6 Å².